The first-order valence-corrected chi connectivity index (χ1v) is 18.0. The third-order valence-electron chi connectivity index (χ3n) is 9.85. The number of hydrogen-bond acceptors (Lipinski definition) is 3. The van der Waals surface area contributed by atoms with Crippen LogP contribution in [0.2, 0.25) is 0 Å². The van der Waals surface area contributed by atoms with E-state index in [1.165, 1.54) is 54.5 Å². The largest absolute Gasteiger partial charge is 0.310 e. The lowest BCUT2D eigenvalue weighted by atomic mass is 9.99. The summed E-state index contributed by atoms with van der Waals surface area (Å²) in [7, 11) is 0. The van der Waals surface area contributed by atoms with Gasteiger partial charge in [0.25, 0.3) is 0 Å². The zero-order valence-electron chi connectivity index (χ0n) is 27.3. The van der Waals surface area contributed by atoms with Crippen LogP contribution in [0.4, 0.5) is 0 Å². The quantitative estimate of drug-likeness (QED) is 0.184. The standard InChI is InChI=1S/C46H31N3S/c1-4-12-32(13-5-1)43-45-44(48-46(47-43)33-14-6-2-7-15-33)39-27-25-35(29-42(39)50-45)31-22-20-30(21-23-31)34-24-26-38-37-18-10-11-19-40(37)49(41(38)28-34)36-16-8-3-9-17-36/h1-2,4-8,10-29H,3,9H2. The monoisotopic (exact) mass is 657 g/mol. The summed E-state index contributed by atoms with van der Waals surface area (Å²) < 4.78 is 4.75. The maximum atomic E-state index is 5.13. The van der Waals surface area contributed by atoms with Crippen molar-refractivity contribution in [2.75, 3.05) is 0 Å². The van der Waals surface area contributed by atoms with Crippen LogP contribution in [0.3, 0.4) is 0 Å². The molecule has 3 nitrogen and oxygen atoms in total. The molecule has 0 saturated heterocycles. The molecule has 9 aromatic rings. The molecule has 0 bridgehead atoms. The Morgan fingerprint density at radius 3 is 1.88 bits per heavy atom. The van der Waals surface area contributed by atoms with Gasteiger partial charge in [-0.3, -0.25) is 0 Å². The summed E-state index contributed by atoms with van der Waals surface area (Å²) in [5.41, 5.74) is 12.7. The van der Waals surface area contributed by atoms with Crippen molar-refractivity contribution in [2.45, 2.75) is 12.8 Å². The Bertz CT molecular complexity index is 2790. The normalized spacial score (nSPS) is 13.1. The molecule has 0 spiro atoms. The number of benzene rings is 6. The van der Waals surface area contributed by atoms with Gasteiger partial charge >= 0.3 is 0 Å². The van der Waals surface area contributed by atoms with Crippen LogP contribution in [0.25, 0.3) is 92.7 Å². The van der Waals surface area contributed by atoms with E-state index in [2.05, 4.69) is 144 Å². The van der Waals surface area contributed by atoms with Gasteiger partial charge in [0.2, 0.25) is 0 Å². The van der Waals surface area contributed by atoms with E-state index in [4.69, 9.17) is 9.97 Å². The molecular formula is C46H31N3S. The van der Waals surface area contributed by atoms with E-state index in [9.17, 15) is 0 Å². The highest BCUT2D eigenvalue weighted by atomic mass is 32.1. The Balaban J connectivity index is 1.05. The van der Waals surface area contributed by atoms with Crippen LogP contribution in [-0.4, -0.2) is 14.5 Å². The van der Waals surface area contributed by atoms with Crippen molar-refractivity contribution < 1.29 is 0 Å². The second-order valence-electron chi connectivity index (χ2n) is 12.9. The van der Waals surface area contributed by atoms with Crippen LogP contribution in [0, 0.1) is 0 Å². The zero-order valence-corrected chi connectivity index (χ0v) is 28.1. The number of aromatic nitrogens is 3. The molecule has 0 amide bonds. The van der Waals surface area contributed by atoms with Gasteiger partial charge in [0.1, 0.15) is 0 Å². The van der Waals surface area contributed by atoms with Gasteiger partial charge in [0, 0.05) is 37.7 Å². The van der Waals surface area contributed by atoms with Crippen molar-refractivity contribution in [2.24, 2.45) is 0 Å². The van der Waals surface area contributed by atoms with Gasteiger partial charge in [0.05, 0.1) is 26.9 Å². The minimum atomic E-state index is 0.752. The van der Waals surface area contributed by atoms with E-state index in [-0.39, 0.29) is 0 Å². The van der Waals surface area contributed by atoms with E-state index >= 15 is 0 Å². The molecule has 0 radical (unpaired) electrons. The van der Waals surface area contributed by atoms with Crippen molar-refractivity contribution in [3.05, 3.63) is 164 Å². The summed E-state index contributed by atoms with van der Waals surface area (Å²) in [6.45, 7) is 0. The van der Waals surface area contributed by atoms with Gasteiger partial charge in [-0.2, -0.15) is 0 Å². The summed E-state index contributed by atoms with van der Waals surface area (Å²) in [6.07, 6.45) is 9.09. The van der Waals surface area contributed by atoms with Crippen molar-refractivity contribution in [1.82, 2.24) is 14.5 Å². The van der Waals surface area contributed by atoms with Crippen LogP contribution in [-0.2, 0) is 0 Å². The smallest absolute Gasteiger partial charge is 0.160 e. The Hall–Kier alpha value is -6.10. The number of thiophene rings is 1. The fraction of sp³-hybridized carbons (Fsp3) is 0.0435. The molecule has 0 fully saturated rings. The number of rotatable bonds is 5. The fourth-order valence-corrected chi connectivity index (χ4v) is 8.57. The molecule has 0 N–H and O–H groups in total. The summed E-state index contributed by atoms with van der Waals surface area (Å²) in [4.78, 5) is 10.2. The van der Waals surface area contributed by atoms with Crippen LogP contribution < -0.4 is 0 Å². The molecule has 10 rings (SSSR count). The predicted molar refractivity (Wildman–Crippen MR) is 212 cm³/mol. The van der Waals surface area contributed by atoms with Crippen molar-refractivity contribution in [1.29, 1.82) is 0 Å². The molecule has 0 unspecified atom stereocenters. The molecular weight excluding hydrogens is 627 g/mol. The van der Waals surface area contributed by atoms with Gasteiger partial charge in [-0.1, -0.05) is 140 Å². The van der Waals surface area contributed by atoms with Gasteiger partial charge in [-0.05, 0) is 59.4 Å². The molecule has 0 saturated carbocycles. The maximum absolute atomic E-state index is 5.13. The first kappa shape index (κ1) is 28.9. The van der Waals surface area contributed by atoms with Crippen molar-refractivity contribution in [3.8, 4) is 44.9 Å². The van der Waals surface area contributed by atoms with E-state index in [0.717, 1.165) is 51.1 Å². The van der Waals surface area contributed by atoms with E-state index in [0.29, 0.717) is 0 Å². The summed E-state index contributed by atoms with van der Waals surface area (Å²) in [6, 6.07) is 52.2. The highest BCUT2D eigenvalue weighted by Gasteiger charge is 2.18. The van der Waals surface area contributed by atoms with Crippen LogP contribution in [0.15, 0.2) is 164 Å². The fourth-order valence-electron chi connectivity index (χ4n) is 7.38. The topological polar surface area (TPSA) is 30.7 Å². The minimum Gasteiger partial charge on any atom is -0.310 e. The molecule has 236 valence electrons. The Labute approximate surface area is 294 Å². The van der Waals surface area contributed by atoms with Crippen LogP contribution in [0.5, 0.6) is 0 Å². The highest BCUT2D eigenvalue weighted by Crippen LogP contribution is 2.41. The van der Waals surface area contributed by atoms with Gasteiger partial charge in [-0.25, -0.2) is 9.97 Å². The maximum Gasteiger partial charge on any atom is 0.160 e. The molecule has 1 aliphatic rings. The average molecular weight is 658 g/mol. The van der Waals surface area contributed by atoms with E-state index in [1.807, 2.05) is 24.3 Å². The second kappa shape index (κ2) is 11.8. The minimum absolute atomic E-state index is 0.752. The molecule has 1 aliphatic carbocycles. The molecule has 0 atom stereocenters. The molecule has 50 heavy (non-hydrogen) atoms. The van der Waals surface area contributed by atoms with E-state index in [1.54, 1.807) is 11.3 Å². The van der Waals surface area contributed by atoms with Crippen LogP contribution in [0.1, 0.15) is 12.8 Å². The highest BCUT2D eigenvalue weighted by molar-refractivity contribution is 7.26. The zero-order chi connectivity index (χ0) is 33.0. The number of fused-ring (bicyclic) bond motifs is 6. The van der Waals surface area contributed by atoms with Gasteiger partial charge in [-0.15, -0.1) is 11.3 Å². The Morgan fingerprint density at radius 2 is 1.14 bits per heavy atom. The molecule has 4 heteroatoms. The summed E-state index contributed by atoms with van der Waals surface area (Å²) in [5, 5.41) is 3.74. The lowest BCUT2D eigenvalue weighted by Crippen LogP contribution is -1.97. The lowest BCUT2D eigenvalue weighted by Gasteiger charge is -2.13. The molecule has 3 aromatic heterocycles. The van der Waals surface area contributed by atoms with Crippen molar-refractivity contribution >= 4 is 59.1 Å². The molecule has 3 heterocycles. The number of allylic oxidation sites excluding steroid dienone is 4. The summed E-state index contributed by atoms with van der Waals surface area (Å²) in [5.74, 6) is 0.752. The second-order valence-corrected chi connectivity index (χ2v) is 13.9. The lowest BCUT2D eigenvalue weighted by molar-refractivity contribution is 1.02. The molecule has 6 aromatic carbocycles. The third kappa shape index (κ3) is 4.80. The number of hydrogen-bond donors (Lipinski definition) is 0. The Morgan fingerprint density at radius 1 is 0.500 bits per heavy atom. The summed E-state index contributed by atoms with van der Waals surface area (Å²) >= 11 is 1.77. The number of para-hydroxylation sites is 1. The number of nitrogens with zero attached hydrogens (tertiary/aromatic N) is 3. The molecule has 0 aliphatic heterocycles. The van der Waals surface area contributed by atoms with Gasteiger partial charge in [0.15, 0.2) is 5.82 Å². The third-order valence-corrected chi connectivity index (χ3v) is 11.0. The SMILES string of the molecule is C1=CC(n2c3ccccc3c3ccc(-c4ccc(-c5ccc6c(c5)sc5c(-c7ccccc7)nc(-c7ccccc7)nc56)cc4)cc32)=CCC1. The van der Waals surface area contributed by atoms with Crippen LogP contribution >= 0.6 is 11.3 Å². The first-order valence-electron chi connectivity index (χ1n) is 17.1. The Kier molecular flexibility index (Phi) is 6.81. The average Bonchev–Trinajstić information content (AvgIpc) is 3.73. The van der Waals surface area contributed by atoms with Crippen molar-refractivity contribution in [3.63, 3.8) is 0 Å². The first-order chi connectivity index (χ1) is 24.8. The van der Waals surface area contributed by atoms with Gasteiger partial charge < -0.3 is 4.57 Å². The predicted octanol–water partition coefficient (Wildman–Crippen LogP) is 12.8. The van der Waals surface area contributed by atoms with E-state index < -0.39 is 0 Å².